The number of rotatable bonds is 11. The number of thioether (sulfide) groups is 1. The molecule has 1 aliphatic carbocycles. The zero-order valence-electron chi connectivity index (χ0n) is 21.3. The number of carbonyl (C=O) groups is 2. The minimum atomic E-state index is -0.729. The summed E-state index contributed by atoms with van der Waals surface area (Å²) < 4.78 is 17.0. The Balaban J connectivity index is 1.53. The molecule has 4 rings (SSSR count). The van der Waals surface area contributed by atoms with Crippen LogP contribution in [0.2, 0.25) is 0 Å². The summed E-state index contributed by atoms with van der Waals surface area (Å²) in [6, 6.07) is 15.9. The number of ether oxygens (including phenoxy) is 3. The third-order valence-corrected chi connectivity index (χ3v) is 8.67. The van der Waals surface area contributed by atoms with Gasteiger partial charge in [0.1, 0.15) is 0 Å². The fourth-order valence-corrected chi connectivity index (χ4v) is 6.19. The van der Waals surface area contributed by atoms with E-state index in [9.17, 15) is 14.7 Å². The molecular formula is C29H36O6S. The van der Waals surface area contributed by atoms with Crippen molar-refractivity contribution in [1.29, 1.82) is 0 Å². The smallest absolute Gasteiger partial charge is 0.338 e. The predicted molar refractivity (Wildman–Crippen MR) is 140 cm³/mol. The number of benzene rings is 2. The van der Waals surface area contributed by atoms with Gasteiger partial charge in [-0.1, -0.05) is 50.2 Å². The van der Waals surface area contributed by atoms with Crippen LogP contribution in [0, 0.1) is 10.8 Å². The Morgan fingerprint density at radius 2 is 1.83 bits per heavy atom. The molecule has 6 nitrogen and oxygen atoms in total. The van der Waals surface area contributed by atoms with E-state index < -0.39 is 5.97 Å². The van der Waals surface area contributed by atoms with Crippen LogP contribution in [0.25, 0.3) is 0 Å². The zero-order chi connectivity index (χ0) is 25.8. The first-order chi connectivity index (χ1) is 17.2. The van der Waals surface area contributed by atoms with Crippen LogP contribution in [-0.2, 0) is 25.4 Å². The van der Waals surface area contributed by atoms with Crippen molar-refractivity contribution >= 4 is 23.7 Å². The molecular weight excluding hydrogens is 476 g/mol. The molecule has 1 unspecified atom stereocenters. The summed E-state index contributed by atoms with van der Waals surface area (Å²) in [5.74, 6) is -0.254. The first-order valence-corrected chi connectivity index (χ1v) is 13.6. The van der Waals surface area contributed by atoms with Gasteiger partial charge < -0.3 is 19.3 Å². The normalized spacial score (nSPS) is 19.4. The molecule has 2 aromatic rings. The topological polar surface area (TPSA) is 82.1 Å². The van der Waals surface area contributed by atoms with E-state index in [1.807, 2.05) is 42.1 Å². The summed E-state index contributed by atoms with van der Waals surface area (Å²) in [6.07, 6.45) is 3.28. The highest BCUT2D eigenvalue weighted by Crippen LogP contribution is 2.53. The standard InChI is InChI=1S/C29H36O6S/c1-28(2)17-34-27(35-18-28)22-9-6-8-21(15-22)24(36-19-29(13-14-29)16-25(30)31)12-11-20-7-4-5-10-23(20)26(32)33-3/h4-10,15,24,27H,11-14,16-19H2,1-3H3,(H,30,31). The molecule has 1 atom stereocenters. The molecule has 1 N–H and O–H groups in total. The summed E-state index contributed by atoms with van der Waals surface area (Å²) in [5, 5.41) is 9.51. The van der Waals surface area contributed by atoms with Crippen molar-refractivity contribution in [3.8, 4) is 0 Å². The summed E-state index contributed by atoms with van der Waals surface area (Å²) in [7, 11) is 1.40. The highest BCUT2D eigenvalue weighted by molar-refractivity contribution is 7.99. The summed E-state index contributed by atoms with van der Waals surface area (Å²) in [6.45, 7) is 5.54. The second-order valence-electron chi connectivity index (χ2n) is 10.8. The minimum absolute atomic E-state index is 0.00223. The second kappa shape index (κ2) is 11.4. The predicted octanol–water partition coefficient (Wildman–Crippen LogP) is 6.21. The largest absolute Gasteiger partial charge is 0.481 e. The number of hydrogen-bond donors (Lipinski definition) is 1. The molecule has 0 amide bonds. The summed E-state index contributed by atoms with van der Waals surface area (Å²) >= 11 is 1.82. The molecule has 2 aliphatic rings. The van der Waals surface area contributed by atoms with Crippen LogP contribution < -0.4 is 0 Å². The molecule has 1 saturated carbocycles. The Morgan fingerprint density at radius 3 is 2.50 bits per heavy atom. The van der Waals surface area contributed by atoms with E-state index in [4.69, 9.17) is 14.2 Å². The van der Waals surface area contributed by atoms with Gasteiger partial charge in [0, 0.05) is 22.0 Å². The molecule has 0 spiro atoms. The molecule has 194 valence electrons. The number of carboxylic acids is 1. The number of esters is 1. The van der Waals surface area contributed by atoms with Gasteiger partial charge in [-0.3, -0.25) is 4.79 Å². The van der Waals surface area contributed by atoms with Crippen LogP contribution >= 0.6 is 11.8 Å². The third-order valence-electron chi connectivity index (χ3n) is 6.98. The lowest BCUT2D eigenvalue weighted by Gasteiger charge is -2.35. The lowest BCUT2D eigenvalue weighted by atomic mass is 9.95. The molecule has 36 heavy (non-hydrogen) atoms. The lowest BCUT2D eigenvalue weighted by Crippen LogP contribution is -2.33. The van der Waals surface area contributed by atoms with Gasteiger partial charge in [-0.2, -0.15) is 11.8 Å². The maximum Gasteiger partial charge on any atom is 0.338 e. The number of carboxylic acid groups (broad SMARTS) is 1. The minimum Gasteiger partial charge on any atom is -0.481 e. The highest BCUT2D eigenvalue weighted by Gasteiger charge is 2.44. The van der Waals surface area contributed by atoms with Crippen molar-refractivity contribution in [2.45, 2.75) is 57.5 Å². The van der Waals surface area contributed by atoms with Gasteiger partial charge in [0.25, 0.3) is 0 Å². The molecule has 0 radical (unpaired) electrons. The quantitative estimate of drug-likeness (QED) is 0.359. The van der Waals surface area contributed by atoms with Gasteiger partial charge in [0.15, 0.2) is 6.29 Å². The summed E-state index contributed by atoms with van der Waals surface area (Å²) in [4.78, 5) is 23.7. The van der Waals surface area contributed by atoms with Crippen LogP contribution in [0.15, 0.2) is 48.5 Å². The molecule has 1 heterocycles. The van der Waals surface area contributed by atoms with Crippen LogP contribution in [0.3, 0.4) is 0 Å². The second-order valence-corrected chi connectivity index (χ2v) is 12.0. The van der Waals surface area contributed by atoms with Crippen molar-refractivity contribution in [2.24, 2.45) is 10.8 Å². The van der Waals surface area contributed by atoms with Crippen molar-refractivity contribution in [3.63, 3.8) is 0 Å². The van der Waals surface area contributed by atoms with E-state index in [0.717, 1.165) is 41.7 Å². The fraction of sp³-hybridized carbons (Fsp3) is 0.517. The Hall–Kier alpha value is -2.35. The van der Waals surface area contributed by atoms with E-state index in [-0.39, 0.29) is 34.8 Å². The zero-order valence-corrected chi connectivity index (χ0v) is 22.1. The van der Waals surface area contributed by atoms with E-state index in [1.54, 1.807) is 6.07 Å². The summed E-state index contributed by atoms with van der Waals surface area (Å²) in [5.41, 5.74) is 3.61. The number of hydrogen-bond acceptors (Lipinski definition) is 6. The van der Waals surface area contributed by atoms with Crippen LogP contribution in [-0.4, -0.2) is 43.1 Å². The first kappa shape index (κ1) is 26.7. The van der Waals surface area contributed by atoms with Crippen molar-refractivity contribution in [1.82, 2.24) is 0 Å². The van der Waals surface area contributed by atoms with Gasteiger partial charge in [-0.05, 0) is 54.4 Å². The van der Waals surface area contributed by atoms with Gasteiger partial charge in [-0.25, -0.2) is 4.79 Å². The SMILES string of the molecule is COC(=O)c1ccccc1CCC(SCC1(CC(=O)O)CC1)c1cccc(C2OCC(C)(C)CO2)c1. The van der Waals surface area contributed by atoms with Crippen LogP contribution in [0.4, 0.5) is 0 Å². The van der Waals surface area contributed by atoms with Gasteiger partial charge in [0.05, 0.1) is 32.3 Å². The van der Waals surface area contributed by atoms with E-state index >= 15 is 0 Å². The number of aryl methyl sites for hydroxylation is 1. The molecule has 0 bridgehead atoms. The Kier molecular flexibility index (Phi) is 8.43. The highest BCUT2D eigenvalue weighted by atomic mass is 32.2. The van der Waals surface area contributed by atoms with E-state index in [1.165, 1.54) is 7.11 Å². The molecule has 7 heteroatoms. The Bertz CT molecular complexity index is 1070. The molecule has 0 aromatic heterocycles. The average Bonchev–Trinajstić information content (AvgIpc) is 3.62. The molecule has 1 saturated heterocycles. The fourth-order valence-electron chi connectivity index (χ4n) is 4.62. The molecule has 2 aromatic carbocycles. The van der Waals surface area contributed by atoms with E-state index in [0.29, 0.717) is 25.2 Å². The number of carbonyl (C=O) groups excluding carboxylic acids is 1. The van der Waals surface area contributed by atoms with Gasteiger partial charge >= 0.3 is 11.9 Å². The number of methoxy groups -OCH3 is 1. The molecule has 2 fully saturated rings. The maximum absolute atomic E-state index is 12.3. The van der Waals surface area contributed by atoms with Crippen LogP contribution in [0.5, 0.6) is 0 Å². The maximum atomic E-state index is 12.3. The van der Waals surface area contributed by atoms with E-state index in [2.05, 4.69) is 26.0 Å². The molecule has 1 aliphatic heterocycles. The van der Waals surface area contributed by atoms with Crippen LogP contribution in [0.1, 0.15) is 78.1 Å². The number of aliphatic carboxylic acids is 1. The lowest BCUT2D eigenvalue weighted by molar-refractivity contribution is -0.226. The monoisotopic (exact) mass is 512 g/mol. The Morgan fingerprint density at radius 1 is 1.11 bits per heavy atom. The van der Waals surface area contributed by atoms with Crippen molar-refractivity contribution < 1.29 is 28.9 Å². The average molecular weight is 513 g/mol. The Labute approximate surface area is 217 Å². The van der Waals surface area contributed by atoms with Crippen molar-refractivity contribution in [3.05, 3.63) is 70.8 Å². The van der Waals surface area contributed by atoms with Gasteiger partial charge in [-0.15, -0.1) is 0 Å². The van der Waals surface area contributed by atoms with Gasteiger partial charge in [0.2, 0.25) is 0 Å². The third kappa shape index (κ3) is 6.90. The van der Waals surface area contributed by atoms with Crippen molar-refractivity contribution in [2.75, 3.05) is 26.1 Å². The first-order valence-electron chi connectivity index (χ1n) is 12.5.